The van der Waals surface area contributed by atoms with Gasteiger partial charge in [0.1, 0.15) is 5.82 Å². The third-order valence-corrected chi connectivity index (χ3v) is 5.17. The highest BCUT2D eigenvalue weighted by Gasteiger charge is 2.26. The first-order valence-corrected chi connectivity index (χ1v) is 9.57. The maximum atomic E-state index is 12.3. The lowest BCUT2D eigenvalue weighted by molar-refractivity contribution is 0.683. The van der Waals surface area contributed by atoms with Gasteiger partial charge in [-0.1, -0.05) is 6.08 Å². The van der Waals surface area contributed by atoms with E-state index in [4.69, 9.17) is 11.5 Å². The molecule has 0 saturated heterocycles. The van der Waals surface area contributed by atoms with Crippen molar-refractivity contribution in [3.63, 3.8) is 0 Å². The van der Waals surface area contributed by atoms with Crippen molar-refractivity contribution in [3.05, 3.63) is 41.1 Å². The molecule has 7 heteroatoms. The van der Waals surface area contributed by atoms with E-state index in [2.05, 4.69) is 48.2 Å². The zero-order valence-corrected chi connectivity index (χ0v) is 15.7. The predicted octanol–water partition coefficient (Wildman–Crippen LogP) is 2.58. The van der Waals surface area contributed by atoms with Crippen molar-refractivity contribution in [1.82, 2.24) is 9.97 Å². The van der Waals surface area contributed by atoms with Gasteiger partial charge in [-0.3, -0.25) is 4.21 Å². The molecule has 0 spiro atoms. The van der Waals surface area contributed by atoms with E-state index in [0.29, 0.717) is 12.2 Å². The molecule has 1 aromatic carbocycles. The van der Waals surface area contributed by atoms with Crippen molar-refractivity contribution in [2.75, 3.05) is 23.0 Å². The van der Waals surface area contributed by atoms with Crippen LogP contribution >= 0.6 is 0 Å². The molecular formula is C18H23N5OS. The summed E-state index contributed by atoms with van der Waals surface area (Å²) in [4.78, 5) is 8.82. The molecule has 1 atom stereocenters. The van der Waals surface area contributed by atoms with Crippen LogP contribution in [0, 0.1) is 0 Å². The lowest BCUT2D eigenvalue weighted by atomic mass is 9.89. The van der Waals surface area contributed by atoms with E-state index in [1.54, 1.807) is 12.5 Å². The number of benzene rings is 1. The lowest BCUT2D eigenvalue weighted by Crippen LogP contribution is -2.32. The molecule has 0 radical (unpaired) electrons. The average Bonchev–Trinajstić information content (AvgIpc) is 2.49. The highest BCUT2D eigenvalue weighted by Crippen LogP contribution is 2.38. The fraction of sp³-hybridized carbons (Fsp3) is 0.333. The summed E-state index contributed by atoms with van der Waals surface area (Å²) in [7, 11) is -1.12. The second-order valence-electron chi connectivity index (χ2n) is 6.96. The van der Waals surface area contributed by atoms with Crippen LogP contribution in [-0.4, -0.2) is 26.0 Å². The van der Waals surface area contributed by atoms with Crippen LogP contribution in [0.2, 0.25) is 0 Å². The molecule has 5 N–H and O–H groups in total. The Labute approximate surface area is 150 Å². The number of anilines is 3. The Hall–Kier alpha value is -2.41. The number of allylic oxidation sites excluding steroid dienone is 1. The van der Waals surface area contributed by atoms with Crippen LogP contribution in [0.5, 0.6) is 0 Å². The molecule has 25 heavy (non-hydrogen) atoms. The van der Waals surface area contributed by atoms with Gasteiger partial charge in [0.25, 0.3) is 0 Å². The van der Waals surface area contributed by atoms with Gasteiger partial charge in [0.15, 0.2) is 0 Å². The maximum Gasteiger partial charge on any atom is 0.221 e. The van der Waals surface area contributed by atoms with E-state index in [1.165, 1.54) is 0 Å². The van der Waals surface area contributed by atoms with Crippen molar-refractivity contribution in [2.24, 2.45) is 0 Å². The van der Waals surface area contributed by atoms with E-state index in [0.717, 1.165) is 32.8 Å². The zero-order chi connectivity index (χ0) is 18.4. The highest BCUT2D eigenvalue weighted by molar-refractivity contribution is 7.84. The van der Waals surface area contributed by atoms with Gasteiger partial charge in [0.2, 0.25) is 5.95 Å². The smallest absolute Gasteiger partial charge is 0.221 e. The van der Waals surface area contributed by atoms with E-state index in [1.807, 2.05) is 6.07 Å². The molecule has 0 saturated carbocycles. The first kappa shape index (κ1) is 17.4. The summed E-state index contributed by atoms with van der Waals surface area (Å²) >= 11 is 0. The molecule has 1 unspecified atom stereocenters. The van der Waals surface area contributed by atoms with Gasteiger partial charge in [-0.15, -0.1) is 0 Å². The van der Waals surface area contributed by atoms with E-state index in [9.17, 15) is 4.21 Å². The highest BCUT2D eigenvalue weighted by atomic mass is 32.2. The van der Waals surface area contributed by atoms with Crippen LogP contribution in [0.25, 0.3) is 5.57 Å². The molecule has 1 aliphatic heterocycles. The maximum absolute atomic E-state index is 12.3. The summed E-state index contributed by atoms with van der Waals surface area (Å²) in [6.45, 7) is 6.28. The van der Waals surface area contributed by atoms with Gasteiger partial charge in [-0.05, 0) is 44.0 Å². The number of hydrogen-bond donors (Lipinski definition) is 3. The van der Waals surface area contributed by atoms with E-state index >= 15 is 0 Å². The minimum absolute atomic E-state index is 0.159. The van der Waals surface area contributed by atoms with Gasteiger partial charge in [0.05, 0.1) is 26.9 Å². The SMILES string of the molecule is CC1=CC(C)(C)Nc2c1cc(Cc1cnc(N)nc1N)cc2S(C)=O. The first-order chi connectivity index (χ1) is 11.7. The summed E-state index contributed by atoms with van der Waals surface area (Å²) in [5.74, 6) is 0.531. The number of aromatic nitrogens is 2. The monoisotopic (exact) mass is 357 g/mol. The van der Waals surface area contributed by atoms with Gasteiger partial charge in [-0.2, -0.15) is 4.98 Å². The third-order valence-electron chi connectivity index (χ3n) is 4.23. The Balaban J connectivity index is 2.10. The molecule has 1 aromatic heterocycles. The topological polar surface area (TPSA) is 107 Å². The average molecular weight is 357 g/mol. The second-order valence-corrected chi connectivity index (χ2v) is 8.31. The summed E-state index contributed by atoms with van der Waals surface area (Å²) in [5.41, 5.74) is 16.3. The third kappa shape index (κ3) is 3.51. The number of hydrogen-bond acceptors (Lipinski definition) is 6. The van der Waals surface area contributed by atoms with Gasteiger partial charge in [0, 0.05) is 30.0 Å². The molecule has 3 rings (SSSR count). The van der Waals surface area contributed by atoms with Gasteiger partial charge in [-0.25, -0.2) is 4.98 Å². The fourth-order valence-corrected chi connectivity index (χ4v) is 3.97. The van der Waals surface area contributed by atoms with Crippen molar-refractivity contribution >= 4 is 33.8 Å². The summed E-state index contributed by atoms with van der Waals surface area (Å²) in [5, 5.41) is 3.49. The van der Waals surface area contributed by atoms with Crippen LogP contribution in [0.3, 0.4) is 0 Å². The number of rotatable bonds is 3. The van der Waals surface area contributed by atoms with Gasteiger partial charge >= 0.3 is 0 Å². The van der Waals surface area contributed by atoms with Crippen molar-refractivity contribution < 1.29 is 4.21 Å². The number of nitrogen functional groups attached to an aromatic ring is 2. The molecule has 6 nitrogen and oxygen atoms in total. The van der Waals surface area contributed by atoms with Crippen molar-refractivity contribution in [1.29, 1.82) is 0 Å². The van der Waals surface area contributed by atoms with Crippen LogP contribution in [0.15, 0.2) is 29.3 Å². The molecule has 0 amide bonds. The molecular weight excluding hydrogens is 334 g/mol. The quantitative estimate of drug-likeness (QED) is 0.779. The number of nitrogens with two attached hydrogens (primary N) is 2. The minimum Gasteiger partial charge on any atom is -0.383 e. The molecule has 2 heterocycles. The van der Waals surface area contributed by atoms with Crippen LogP contribution in [0.1, 0.15) is 37.5 Å². The Bertz CT molecular complexity index is 905. The number of nitrogens with zero attached hydrogens (tertiary/aromatic N) is 2. The minimum atomic E-state index is -1.12. The Morgan fingerprint density at radius 3 is 2.64 bits per heavy atom. The lowest BCUT2D eigenvalue weighted by Gasteiger charge is -2.33. The van der Waals surface area contributed by atoms with Crippen LogP contribution in [0.4, 0.5) is 17.5 Å². The Morgan fingerprint density at radius 2 is 2.00 bits per heavy atom. The van der Waals surface area contributed by atoms with Crippen molar-refractivity contribution in [3.8, 4) is 0 Å². The molecule has 0 fully saturated rings. The normalized spacial score (nSPS) is 16.6. The number of nitrogens with one attached hydrogen (secondary N) is 1. The second kappa shape index (κ2) is 6.15. The largest absolute Gasteiger partial charge is 0.383 e. The summed E-state index contributed by atoms with van der Waals surface area (Å²) < 4.78 is 12.3. The predicted molar refractivity (Wildman–Crippen MR) is 104 cm³/mol. The first-order valence-electron chi connectivity index (χ1n) is 8.01. The van der Waals surface area contributed by atoms with E-state index < -0.39 is 10.8 Å². The van der Waals surface area contributed by atoms with Gasteiger partial charge < -0.3 is 16.8 Å². The summed E-state index contributed by atoms with van der Waals surface area (Å²) in [6, 6.07) is 4.07. The molecule has 2 aromatic rings. The zero-order valence-electron chi connectivity index (χ0n) is 14.9. The molecule has 0 bridgehead atoms. The number of fused-ring (bicyclic) bond motifs is 1. The van der Waals surface area contributed by atoms with E-state index in [-0.39, 0.29) is 11.5 Å². The molecule has 132 valence electrons. The van der Waals surface area contributed by atoms with Crippen LogP contribution in [-0.2, 0) is 17.2 Å². The molecule has 0 aliphatic carbocycles. The standard InChI is InChI=1S/C18H23N5OS/c1-10-8-18(2,3)23-15-13(10)6-11(7-14(15)25(4)24)5-12-9-21-17(20)22-16(12)19/h6-9,23H,5H2,1-4H3,(H4,19,20,21,22). The molecule has 1 aliphatic rings. The summed E-state index contributed by atoms with van der Waals surface area (Å²) in [6.07, 6.45) is 6.08. The van der Waals surface area contributed by atoms with Crippen molar-refractivity contribution in [2.45, 2.75) is 37.6 Å². The Morgan fingerprint density at radius 1 is 1.28 bits per heavy atom. The van der Waals surface area contributed by atoms with Crippen LogP contribution < -0.4 is 16.8 Å². The Kier molecular flexibility index (Phi) is 4.28. The fourth-order valence-electron chi connectivity index (χ4n) is 3.21.